The molecule has 1 saturated heterocycles. The number of likely N-dealkylation sites (tertiary alicyclic amines) is 1. The Morgan fingerprint density at radius 3 is 2.65 bits per heavy atom. The lowest BCUT2D eigenvalue weighted by Crippen LogP contribution is -2.45. The van der Waals surface area contributed by atoms with Gasteiger partial charge in [0.1, 0.15) is 0 Å². The molecule has 0 atom stereocenters. The van der Waals surface area contributed by atoms with Crippen LogP contribution in [0.5, 0.6) is 0 Å². The maximum Gasteiger partial charge on any atom is 0.422 e. The van der Waals surface area contributed by atoms with E-state index >= 15 is 0 Å². The molecule has 23 heavy (non-hydrogen) atoms. The van der Waals surface area contributed by atoms with Crippen molar-refractivity contribution in [2.24, 2.45) is 0 Å². The molecule has 0 saturated carbocycles. The van der Waals surface area contributed by atoms with Crippen molar-refractivity contribution >= 4 is 6.09 Å². The van der Waals surface area contributed by atoms with Crippen molar-refractivity contribution in [2.45, 2.75) is 38.5 Å². The molecule has 1 fully saturated rings. The maximum atomic E-state index is 12.0. The average molecular weight is 330 g/mol. The van der Waals surface area contributed by atoms with Crippen LogP contribution in [0.25, 0.3) is 0 Å². The van der Waals surface area contributed by atoms with Crippen molar-refractivity contribution in [2.75, 3.05) is 19.7 Å². The van der Waals surface area contributed by atoms with Crippen LogP contribution in [0.3, 0.4) is 0 Å². The Balaban J connectivity index is 1.70. The zero-order valence-corrected chi connectivity index (χ0v) is 13.0. The van der Waals surface area contributed by atoms with Crippen molar-refractivity contribution in [1.82, 2.24) is 10.2 Å². The van der Waals surface area contributed by atoms with Crippen LogP contribution in [0.15, 0.2) is 24.3 Å². The summed E-state index contributed by atoms with van der Waals surface area (Å²) in [5, 5.41) is 2.50. The number of carbonyl (C=O) groups is 1. The summed E-state index contributed by atoms with van der Waals surface area (Å²) in [6.07, 6.45) is -4.09. The number of aryl methyl sites for hydroxylation is 1. The minimum Gasteiger partial charge on any atom is -0.440 e. The summed E-state index contributed by atoms with van der Waals surface area (Å²) in [6.45, 7) is 2.92. The number of alkyl halides is 3. The molecule has 1 aromatic carbocycles. The molecular formula is C16H21F3N2O2. The van der Waals surface area contributed by atoms with Crippen molar-refractivity contribution in [3.8, 4) is 0 Å². The number of rotatable bonds is 4. The van der Waals surface area contributed by atoms with Gasteiger partial charge < -0.3 is 10.1 Å². The molecule has 1 aliphatic heterocycles. The second-order valence-electron chi connectivity index (χ2n) is 5.88. The summed E-state index contributed by atoms with van der Waals surface area (Å²) in [5.41, 5.74) is 2.45. The SMILES string of the molecule is Cc1cccc(CN2CCC(NC(=O)OCC(F)(F)F)CC2)c1. The van der Waals surface area contributed by atoms with Gasteiger partial charge in [-0.25, -0.2) is 4.79 Å². The molecule has 2 rings (SSSR count). The first-order valence-electron chi connectivity index (χ1n) is 7.60. The molecule has 1 heterocycles. The number of benzene rings is 1. The van der Waals surface area contributed by atoms with Crippen LogP contribution < -0.4 is 5.32 Å². The summed E-state index contributed by atoms with van der Waals surface area (Å²) in [5.74, 6) is 0. The number of halogens is 3. The highest BCUT2D eigenvalue weighted by atomic mass is 19.4. The standard InChI is InChI=1S/C16H21F3N2O2/c1-12-3-2-4-13(9-12)10-21-7-5-14(6-8-21)20-15(22)23-11-16(17,18)19/h2-4,9,14H,5-8,10-11H2,1H3,(H,20,22). The summed E-state index contributed by atoms with van der Waals surface area (Å²) < 4.78 is 40.1. The molecule has 1 aliphatic rings. The lowest BCUT2D eigenvalue weighted by atomic mass is 10.0. The highest BCUT2D eigenvalue weighted by molar-refractivity contribution is 5.67. The van der Waals surface area contributed by atoms with E-state index in [-0.39, 0.29) is 6.04 Å². The van der Waals surface area contributed by atoms with Crippen molar-refractivity contribution < 1.29 is 22.7 Å². The predicted molar refractivity (Wildman–Crippen MR) is 80.0 cm³/mol. The van der Waals surface area contributed by atoms with E-state index in [1.165, 1.54) is 11.1 Å². The number of ether oxygens (including phenoxy) is 1. The van der Waals surface area contributed by atoms with E-state index in [2.05, 4.69) is 27.1 Å². The number of alkyl carbamates (subject to hydrolysis) is 1. The van der Waals surface area contributed by atoms with Crippen LogP contribution in [0, 0.1) is 6.92 Å². The van der Waals surface area contributed by atoms with Gasteiger partial charge in [0.2, 0.25) is 0 Å². The smallest absolute Gasteiger partial charge is 0.422 e. The largest absolute Gasteiger partial charge is 0.440 e. The van der Waals surface area contributed by atoms with Gasteiger partial charge in [0.15, 0.2) is 6.61 Å². The van der Waals surface area contributed by atoms with Gasteiger partial charge in [-0.1, -0.05) is 29.8 Å². The fourth-order valence-corrected chi connectivity index (χ4v) is 2.66. The normalized spacial score (nSPS) is 17.0. The lowest BCUT2D eigenvalue weighted by Gasteiger charge is -2.32. The Morgan fingerprint density at radius 1 is 1.35 bits per heavy atom. The number of nitrogens with one attached hydrogen (secondary N) is 1. The molecule has 0 unspecified atom stereocenters. The van der Waals surface area contributed by atoms with Gasteiger partial charge >= 0.3 is 12.3 Å². The van der Waals surface area contributed by atoms with E-state index in [4.69, 9.17) is 0 Å². The topological polar surface area (TPSA) is 41.6 Å². The zero-order chi connectivity index (χ0) is 16.9. The Kier molecular flexibility index (Phi) is 5.87. The molecule has 1 amide bonds. The highest BCUT2D eigenvalue weighted by Gasteiger charge is 2.30. The van der Waals surface area contributed by atoms with Crippen LogP contribution in [0.1, 0.15) is 24.0 Å². The van der Waals surface area contributed by atoms with Gasteiger partial charge in [0, 0.05) is 25.7 Å². The zero-order valence-electron chi connectivity index (χ0n) is 13.0. The molecule has 0 bridgehead atoms. The maximum absolute atomic E-state index is 12.0. The van der Waals surface area contributed by atoms with E-state index in [1.54, 1.807) is 0 Å². The quantitative estimate of drug-likeness (QED) is 0.921. The molecule has 0 spiro atoms. The monoisotopic (exact) mass is 330 g/mol. The Morgan fingerprint density at radius 2 is 2.04 bits per heavy atom. The van der Waals surface area contributed by atoms with E-state index < -0.39 is 18.9 Å². The lowest BCUT2D eigenvalue weighted by molar-refractivity contribution is -0.160. The second-order valence-corrected chi connectivity index (χ2v) is 5.88. The van der Waals surface area contributed by atoms with Crippen LogP contribution in [-0.2, 0) is 11.3 Å². The van der Waals surface area contributed by atoms with Crippen LogP contribution in [0.4, 0.5) is 18.0 Å². The molecular weight excluding hydrogens is 309 g/mol. The molecule has 7 heteroatoms. The van der Waals surface area contributed by atoms with Gasteiger partial charge in [-0.05, 0) is 25.3 Å². The summed E-state index contributed by atoms with van der Waals surface area (Å²) in [4.78, 5) is 13.6. The molecule has 0 radical (unpaired) electrons. The van der Waals surface area contributed by atoms with E-state index in [1.807, 2.05) is 19.1 Å². The minimum atomic E-state index is -4.49. The summed E-state index contributed by atoms with van der Waals surface area (Å²) in [6, 6.07) is 8.15. The first-order valence-corrected chi connectivity index (χ1v) is 7.60. The summed E-state index contributed by atoms with van der Waals surface area (Å²) in [7, 11) is 0. The summed E-state index contributed by atoms with van der Waals surface area (Å²) >= 11 is 0. The van der Waals surface area contributed by atoms with E-state index in [0.29, 0.717) is 12.8 Å². The number of amides is 1. The number of carbonyl (C=O) groups excluding carboxylic acids is 1. The van der Waals surface area contributed by atoms with Gasteiger partial charge in [-0.15, -0.1) is 0 Å². The van der Waals surface area contributed by atoms with Crippen LogP contribution in [-0.4, -0.2) is 42.9 Å². The third-order valence-corrected chi connectivity index (χ3v) is 3.77. The van der Waals surface area contributed by atoms with Crippen molar-refractivity contribution in [3.63, 3.8) is 0 Å². The third-order valence-electron chi connectivity index (χ3n) is 3.77. The highest BCUT2D eigenvalue weighted by Crippen LogP contribution is 2.16. The molecule has 1 N–H and O–H groups in total. The van der Waals surface area contributed by atoms with Gasteiger partial charge in [-0.3, -0.25) is 4.90 Å². The van der Waals surface area contributed by atoms with Crippen molar-refractivity contribution in [1.29, 1.82) is 0 Å². The van der Waals surface area contributed by atoms with E-state index in [0.717, 1.165) is 19.6 Å². The third kappa shape index (κ3) is 6.48. The van der Waals surface area contributed by atoms with Crippen molar-refractivity contribution in [3.05, 3.63) is 35.4 Å². The average Bonchev–Trinajstić information content (AvgIpc) is 2.47. The van der Waals surface area contributed by atoms with Gasteiger partial charge in [0.25, 0.3) is 0 Å². The minimum absolute atomic E-state index is 0.135. The number of hydrogen-bond acceptors (Lipinski definition) is 3. The molecule has 128 valence electrons. The fraction of sp³-hybridized carbons (Fsp3) is 0.562. The Labute approximate surface area is 133 Å². The van der Waals surface area contributed by atoms with Gasteiger partial charge in [-0.2, -0.15) is 13.2 Å². The fourth-order valence-electron chi connectivity index (χ4n) is 2.66. The molecule has 0 aliphatic carbocycles. The van der Waals surface area contributed by atoms with Gasteiger partial charge in [0.05, 0.1) is 0 Å². The second kappa shape index (κ2) is 7.68. The molecule has 4 nitrogen and oxygen atoms in total. The number of hydrogen-bond donors (Lipinski definition) is 1. The Bertz CT molecular complexity index is 526. The van der Waals surface area contributed by atoms with E-state index in [9.17, 15) is 18.0 Å². The number of nitrogens with zero attached hydrogens (tertiary/aromatic N) is 1. The van der Waals surface area contributed by atoms with Crippen LogP contribution in [0.2, 0.25) is 0 Å². The van der Waals surface area contributed by atoms with Crippen LogP contribution >= 0.6 is 0 Å². The first kappa shape index (κ1) is 17.6. The molecule has 0 aromatic heterocycles. The number of piperidine rings is 1. The Hall–Kier alpha value is -1.76. The predicted octanol–water partition coefficient (Wildman–Crippen LogP) is 3.25. The first-order chi connectivity index (χ1) is 10.8. The molecule has 1 aromatic rings.